The summed E-state index contributed by atoms with van der Waals surface area (Å²) in [6.45, 7) is 0.324. The van der Waals surface area contributed by atoms with E-state index in [-0.39, 0.29) is 37.2 Å². The molecule has 1 rings (SSSR count). The fourth-order valence-electron chi connectivity index (χ4n) is 1.22. The van der Waals surface area contributed by atoms with Crippen molar-refractivity contribution < 1.29 is 19.2 Å². The number of rotatable bonds is 6. The summed E-state index contributed by atoms with van der Waals surface area (Å²) in [6.07, 6.45) is 3.84. The van der Waals surface area contributed by atoms with Crippen LogP contribution in [-0.4, -0.2) is 49.0 Å². The molecule has 0 aromatic heterocycles. The summed E-state index contributed by atoms with van der Waals surface area (Å²) in [5, 5.41) is 5.97. The van der Waals surface area contributed by atoms with Gasteiger partial charge in [0.25, 0.3) is 11.8 Å². The van der Waals surface area contributed by atoms with E-state index < -0.39 is 0 Å². The van der Waals surface area contributed by atoms with Crippen LogP contribution < -0.4 is 5.32 Å². The molecule has 92 valence electrons. The van der Waals surface area contributed by atoms with Crippen molar-refractivity contribution in [2.45, 2.75) is 6.42 Å². The second-order valence-electron chi connectivity index (χ2n) is 3.19. The number of hydrogen-bond acceptors (Lipinski definition) is 5. The maximum Gasteiger partial charge on any atom is 0.253 e. The van der Waals surface area contributed by atoms with Crippen molar-refractivity contribution in [1.82, 2.24) is 10.2 Å². The summed E-state index contributed by atoms with van der Waals surface area (Å²) in [6, 6.07) is 0. The zero-order valence-corrected chi connectivity index (χ0v) is 9.38. The molecule has 1 aliphatic heterocycles. The van der Waals surface area contributed by atoms with E-state index in [0.717, 1.165) is 4.90 Å². The van der Waals surface area contributed by atoms with E-state index in [4.69, 9.17) is 0 Å². The van der Waals surface area contributed by atoms with Gasteiger partial charge in [0.15, 0.2) is 0 Å². The highest BCUT2D eigenvalue weighted by molar-refractivity contribution is 6.13. The quantitative estimate of drug-likeness (QED) is 0.368. The van der Waals surface area contributed by atoms with E-state index in [1.165, 1.54) is 25.5 Å². The number of hydrogen-bond donors (Lipinski definition) is 1. The molecule has 0 bridgehead atoms. The number of amides is 3. The Morgan fingerprint density at radius 1 is 1.47 bits per heavy atom. The van der Waals surface area contributed by atoms with Crippen molar-refractivity contribution in [3.8, 4) is 0 Å². The average molecular weight is 239 g/mol. The number of oxime groups is 1. The van der Waals surface area contributed by atoms with Gasteiger partial charge in [-0.25, -0.2) is 0 Å². The van der Waals surface area contributed by atoms with Gasteiger partial charge < -0.3 is 10.2 Å². The lowest BCUT2D eigenvalue weighted by molar-refractivity contribution is -0.137. The first-order valence-corrected chi connectivity index (χ1v) is 5.00. The number of nitrogens with zero attached hydrogens (tertiary/aromatic N) is 2. The lowest BCUT2D eigenvalue weighted by atomic mass is 10.3. The summed E-state index contributed by atoms with van der Waals surface area (Å²) in [7, 11) is 1.40. The van der Waals surface area contributed by atoms with E-state index in [2.05, 4.69) is 15.3 Å². The smallest absolute Gasteiger partial charge is 0.253 e. The Balaban J connectivity index is 2.22. The lowest BCUT2D eigenvalue weighted by Gasteiger charge is -2.12. The molecular weight excluding hydrogens is 226 g/mol. The molecule has 0 saturated carbocycles. The maximum atomic E-state index is 11.3. The summed E-state index contributed by atoms with van der Waals surface area (Å²) in [5.41, 5.74) is 0. The Hall–Kier alpha value is -2.18. The molecule has 1 N–H and O–H groups in total. The first-order chi connectivity index (χ1) is 8.15. The zero-order chi connectivity index (χ0) is 12.7. The second-order valence-corrected chi connectivity index (χ2v) is 3.19. The normalized spacial score (nSPS) is 14.8. The topological polar surface area (TPSA) is 88.1 Å². The third kappa shape index (κ3) is 4.06. The van der Waals surface area contributed by atoms with Crippen LogP contribution >= 0.6 is 0 Å². The molecule has 0 aliphatic carbocycles. The summed E-state index contributed by atoms with van der Waals surface area (Å²) in [5.74, 6) is -1.03. The third-order valence-corrected chi connectivity index (χ3v) is 2.03. The molecule has 0 saturated heterocycles. The molecule has 0 atom stereocenters. The van der Waals surface area contributed by atoms with Crippen molar-refractivity contribution in [1.29, 1.82) is 0 Å². The predicted molar refractivity (Wildman–Crippen MR) is 59.0 cm³/mol. The fourth-order valence-corrected chi connectivity index (χ4v) is 1.22. The maximum absolute atomic E-state index is 11.3. The van der Waals surface area contributed by atoms with Crippen molar-refractivity contribution in [2.75, 3.05) is 20.2 Å². The third-order valence-electron chi connectivity index (χ3n) is 2.03. The molecule has 7 heteroatoms. The highest BCUT2D eigenvalue weighted by Gasteiger charge is 2.23. The van der Waals surface area contributed by atoms with Gasteiger partial charge in [-0.1, -0.05) is 5.16 Å². The Morgan fingerprint density at radius 2 is 2.12 bits per heavy atom. The van der Waals surface area contributed by atoms with Gasteiger partial charge in [-0.15, -0.1) is 0 Å². The van der Waals surface area contributed by atoms with Gasteiger partial charge >= 0.3 is 0 Å². The van der Waals surface area contributed by atoms with Crippen LogP contribution in [0.15, 0.2) is 17.3 Å². The molecule has 0 radical (unpaired) electrons. The highest BCUT2D eigenvalue weighted by atomic mass is 16.6. The largest absolute Gasteiger partial charge is 0.399 e. The Labute approximate surface area is 98.1 Å². The molecule has 0 aromatic rings. The van der Waals surface area contributed by atoms with Crippen LogP contribution in [0.1, 0.15) is 6.42 Å². The van der Waals surface area contributed by atoms with E-state index in [9.17, 15) is 14.4 Å². The van der Waals surface area contributed by atoms with Gasteiger partial charge in [-0.3, -0.25) is 19.3 Å². The molecule has 0 unspecified atom stereocenters. The summed E-state index contributed by atoms with van der Waals surface area (Å²) >= 11 is 0. The van der Waals surface area contributed by atoms with Crippen molar-refractivity contribution in [3.05, 3.63) is 12.2 Å². The molecule has 0 aromatic carbocycles. The van der Waals surface area contributed by atoms with E-state index >= 15 is 0 Å². The molecule has 1 aliphatic rings. The monoisotopic (exact) mass is 239 g/mol. The molecular formula is C10H13N3O4. The van der Waals surface area contributed by atoms with Crippen LogP contribution in [0.4, 0.5) is 0 Å². The van der Waals surface area contributed by atoms with E-state index in [1.54, 1.807) is 0 Å². The number of carbonyl (C=O) groups excluding carboxylic acids is 3. The highest BCUT2D eigenvalue weighted by Crippen LogP contribution is 2.03. The Bertz CT molecular complexity index is 358. The Morgan fingerprint density at radius 3 is 2.71 bits per heavy atom. The minimum atomic E-state index is -0.385. The van der Waals surface area contributed by atoms with Crippen LogP contribution in [-0.2, 0) is 19.2 Å². The van der Waals surface area contributed by atoms with Gasteiger partial charge in [0.2, 0.25) is 5.91 Å². The molecule has 0 spiro atoms. The zero-order valence-electron chi connectivity index (χ0n) is 9.38. The van der Waals surface area contributed by atoms with E-state index in [1.807, 2.05) is 0 Å². The SMILES string of the molecule is CON=CCNC(=O)CCN1C(=O)C=CC1=O. The second kappa shape index (κ2) is 6.41. The van der Waals surface area contributed by atoms with Gasteiger partial charge in [-0.05, 0) is 0 Å². The van der Waals surface area contributed by atoms with Crippen LogP contribution in [0.5, 0.6) is 0 Å². The number of carbonyl (C=O) groups is 3. The minimum absolute atomic E-state index is 0.0694. The molecule has 7 nitrogen and oxygen atoms in total. The first-order valence-electron chi connectivity index (χ1n) is 5.00. The van der Waals surface area contributed by atoms with E-state index in [0.29, 0.717) is 0 Å². The van der Waals surface area contributed by atoms with Crippen LogP contribution in [0, 0.1) is 0 Å². The molecule has 1 heterocycles. The van der Waals surface area contributed by atoms with Crippen molar-refractivity contribution in [2.24, 2.45) is 5.16 Å². The summed E-state index contributed by atoms with van der Waals surface area (Å²) in [4.78, 5) is 39.0. The average Bonchev–Trinajstić information content (AvgIpc) is 2.62. The van der Waals surface area contributed by atoms with Gasteiger partial charge in [0, 0.05) is 25.1 Å². The molecule has 0 fully saturated rings. The molecule has 3 amide bonds. The van der Waals surface area contributed by atoms with Gasteiger partial charge in [0.05, 0.1) is 12.8 Å². The van der Waals surface area contributed by atoms with Gasteiger partial charge in [-0.2, -0.15) is 0 Å². The lowest BCUT2D eigenvalue weighted by Crippen LogP contribution is -2.35. The first kappa shape index (κ1) is 12.9. The fraction of sp³-hybridized carbons (Fsp3) is 0.400. The predicted octanol–water partition coefficient (Wildman–Crippen LogP) is -0.950. The van der Waals surface area contributed by atoms with Crippen LogP contribution in [0.2, 0.25) is 0 Å². The Kier molecular flexibility index (Phi) is 4.86. The molecule has 17 heavy (non-hydrogen) atoms. The van der Waals surface area contributed by atoms with Crippen LogP contribution in [0.25, 0.3) is 0 Å². The number of nitrogens with one attached hydrogen (secondary N) is 1. The van der Waals surface area contributed by atoms with Crippen LogP contribution in [0.3, 0.4) is 0 Å². The number of imide groups is 1. The standard InChI is InChI=1S/C10H13N3O4/c1-17-12-6-5-11-8(14)4-7-13-9(15)2-3-10(13)16/h2-3,6H,4-5,7H2,1H3,(H,11,14). The summed E-state index contributed by atoms with van der Waals surface area (Å²) < 4.78 is 0. The van der Waals surface area contributed by atoms with Gasteiger partial charge in [0.1, 0.15) is 7.11 Å². The van der Waals surface area contributed by atoms with Crippen molar-refractivity contribution in [3.63, 3.8) is 0 Å². The van der Waals surface area contributed by atoms with Crippen molar-refractivity contribution >= 4 is 23.9 Å². The minimum Gasteiger partial charge on any atom is -0.399 e.